The van der Waals surface area contributed by atoms with Crippen molar-refractivity contribution in [2.24, 2.45) is 0 Å². The predicted octanol–water partition coefficient (Wildman–Crippen LogP) is 2.77. The smallest absolute Gasteiger partial charge is 0.128 e. The molecule has 0 amide bonds. The van der Waals surface area contributed by atoms with E-state index < -0.39 is 0 Å². The second-order valence-corrected chi connectivity index (χ2v) is 5.43. The molecule has 1 heterocycles. The lowest BCUT2D eigenvalue weighted by Crippen LogP contribution is -2.57. The third kappa shape index (κ3) is 3.27. The first kappa shape index (κ1) is 13.0. The van der Waals surface area contributed by atoms with Crippen molar-refractivity contribution in [3.63, 3.8) is 0 Å². The summed E-state index contributed by atoms with van der Waals surface area (Å²) in [6, 6.07) is 5.88. The monoisotopic (exact) mass is 300 g/mol. The standard InChI is InChI=1S/C13H18BrFN2/c1-2-5-17(12-7-16-8-12)9-10-3-4-11(14)6-13(10)15/h3-4,6,12,16H,2,5,7-9H2,1H3. The van der Waals surface area contributed by atoms with Crippen molar-refractivity contribution in [1.82, 2.24) is 10.2 Å². The number of benzene rings is 1. The third-order valence-corrected chi connectivity index (χ3v) is 3.67. The van der Waals surface area contributed by atoms with E-state index in [1.807, 2.05) is 12.1 Å². The topological polar surface area (TPSA) is 15.3 Å². The van der Waals surface area contributed by atoms with Crippen LogP contribution in [-0.4, -0.2) is 30.6 Å². The molecule has 1 aliphatic rings. The summed E-state index contributed by atoms with van der Waals surface area (Å²) in [6.45, 7) is 5.95. The van der Waals surface area contributed by atoms with Gasteiger partial charge in [0, 0.05) is 35.7 Å². The van der Waals surface area contributed by atoms with Crippen molar-refractivity contribution in [2.45, 2.75) is 25.9 Å². The van der Waals surface area contributed by atoms with Crippen molar-refractivity contribution in [3.05, 3.63) is 34.1 Å². The first-order chi connectivity index (χ1) is 8.20. The molecule has 1 saturated heterocycles. The van der Waals surface area contributed by atoms with E-state index in [0.29, 0.717) is 12.6 Å². The SMILES string of the molecule is CCCN(Cc1ccc(Br)cc1F)C1CNC1. The highest BCUT2D eigenvalue weighted by Crippen LogP contribution is 2.18. The quantitative estimate of drug-likeness (QED) is 0.899. The van der Waals surface area contributed by atoms with E-state index in [2.05, 4.69) is 33.1 Å². The zero-order chi connectivity index (χ0) is 12.3. The molecule has 0 saturated carbocycles. The molecule has 4 heteroatoms. The maximum absolute atomic E-state index is 13.8. The van der Waals surface area contributed by atoms with Crippen molar-refractivity contribution < 1.29 is 4.39 Å². The second-order valence-electron chi connectivity index (χ2n) is 4.52. The molecule has 2 nitrogen and oxygen atoms in total. The lowest BCUT2D eigenvalue weighted by molar-refractivity contribution is 0.136. The van der Waals surface area contributed by atoms with Gasteiger partial charge in [-0.05, 0) is 25.1 Å². The number of nitrogens with one attached hydrogen (secondary N) is 1. The van der Waals surface area contributed by atoms with Crippen LogP contribution in [-0.2, 0) is 6.54 Å². The molecule has 0 aliphatic carbocycles. The van der Waals surface area contributed by atoms with Crippen molar-refractivity contribution in [2.75, 3.05) is 19.6 Å². The molecular weight excluding hydrogens is 283 g/mol. The van der Waals surface area contributed by atoms with Crippen LogP contribution in [0.5, 0.6) is 0 Å². The van der Waals surface area contributed by atoms with E-state index in [4.69, 9.17) is 0 Å². The molecule has 1 fully saturated rings. The van der Waals surface area contributed by atoms with Crippen molar-refractivity contribution in [1.29, 1.82) is 0 Å². The van der Waals surface area contributed by atoms with Gasteiger partial charge in [-0.15, -0.1) is 0 Å². The summed E-state index contributed by atoms with van der Waals surface area (Å²) in [5, 5.41) is 3.27. The van der Waals surface area contributed by atoms with Gasteiger partial charge in [0.15, 0.2) is 0 Å². The Morgan fingerprint density at radius 3 is 2.76 bits per heavy atom. The van der Waals surface area contributed by atoms with E-state index in [1.54, 1.807) is 6.07 Å². The highest BCUT2D eigenvalue weighted by molar-refractivity contribution is 9.10. The fourth-order valence-electron chi connectivity index (χ4n) is 2.08. The molecule has 0 radical (unpaired) electrons. The molecule has 1 aromatic carbocycles. The summed E-state index contributed by atoms with van der Waals surface area (Å²) in [5.74, 6) is -0.118. The summed E-state index contributed by atoms with van der Waals surface area (Å²) in [6.07, 6.45) is 1.11. The fourth-order valence-corrected chi connectivity index (χ4v) is 2.41. The highest BCUT2D eigenvalue weighted by atomic mass is 79.9. The van der Waals surface area contributed by atoms with Crippen LogP contribution in [0.15, 0.2) is 22.7 Å². The van der Waals surface area contributed by atoms with Crippen molar-refractivity contribution >= 4 is 15.9 Å². The summed E-state index contributed by atoms with van der Waals surface area (Å²) in [4.78, 5) is 2.36. The highest BCUT2D eigenvalue weighted by Gasteiger charge is 2.24. The van der Waals surface area contributed by atoms with Gasteiger partial charge in [0.1, 0.15) is 5.82 Å². The zero-order valence-electron chi connectivity index (χ0n) is 10.0. The van der Waals surface area contributed by atoms with Crippen LogP contribution < -0.4 is 5.32 Å². The molecule has 2 rings (SSSR count). The van der Waals surface area contributed by atoms with Gasteiger partial charge in [0.05, 0.1) is 0 Å². The Morgan fingerprint density at radius 1 is 1.47 bits per heavy atom. The Kier molecular flexibility index (Phi) is 4.54. The summed E-state index contributed by atoms with van der Waals surface area (Å²) in [5.41, 5.74) is 0.786. The minimum Gasteiger partial charge on any atom is -0.314 e. The number of nitrogens with zero attached hydrogens (tertiary/aromatic N) is 1. The van der Waals surface area contributed by atoms with E-state index in [0.717, 1.165) is 36.1 Å². The number of hydrogen-bond donors (Lipinski definition) is 1. The summed E-state index contributed by atoms with van der Waals surface area (Å²) >= 11 is 3.28. The molecule has 0 aromatic heterocycles. The van der Waals surface area contributed by atoms with Crippen LogP contribution >= 0.6 is 15.9 Å². The Hall–Kier alpha value is -0.450. The van der Waals surface area contributed by atoms with Gasteiger partial charge in [0.2, 0.25) is 0 Å². The van der Waals surface area contributed by atoms with Crippen LogP contribution in [0.25, 0.3) is 0 Å². The van der Waals surface area contributed by atoms with Gasteiger partial charge >= 0.3 is 0 Å². The second kappa shape index (κ2) is 5.94. The van der Waals surface area contributed by atoms with E-state index in [1.165, 1.54) is 0 Å². The van der Waals surface area contributed by atoms with Crippen LogP contribution in [0.1, 0.15) is 18.9 Å². The molecule has 1 aromatic rings. The minimum atomic E-state index is -0.118. The number of hydrogen-bond acceptors (Lipinski definition) is 2. The van der Waals surface area contributed by atoms with Crippen LogP contribution in [0, 0.1) is 5.82 Å². The summed E-state index contributed by atoms with van der Waals surface area (Å²) < 4.78 is 14.6. The molecule has 94 valence electrons. The first-order valence-electron chi connectivity index (χ1n) is 6.09. The molecule has 0 bridgehead atoms. The lowest BCUT2D eigenvalue weighted by atomic mass is 10.1. The van der Waals surface area contributed by atoms with Crippen LogP contribution in [0.3, 0.4) is 0 Å². The van der Waals surface area contributed by atoms with Crippen molar-refractivity contribution in [3.8, 4) is 0 Å². The molecule has 1 N–H and O–H groups in total. The van der Waals surface area contributed by atoms with Crippen LogP contribution in [0.4, 0.5) is 4.39 Å². The summed E-state index contributed by atoms with van der Waals surface area (Å²) in [7, 11) is 0. The molecular formula is C13H18BrFN2. The van der Waals surface area contributed by atoms with E-state index in [9.17, 15) is 4.39 Å². The third-order valence-electron chi connectivity index (χ3n) is 3.18. The normalized spacial score (nSPS) is 16.2. The maximum atomic E-state index is 13.8. The fraction of sp³-hybridized carbons (Fsp3) is 0.538. The molecule has 0 spiro atoms. The number of rotatable bonds is 5. The Balaban J connectivity index is 2.05. The van der Waals surface area contributed by atoms with Gasteiger partial charge < -0.3 is 5.32 Å². The predicted molar refractivity (Wildman–Crippen MR) is 71.5 cm³/mol. The van der Waals surface area contributed by atoms with Gasteiger partial charge in [-0.1, -0.05) is 28.9 Å². The van der Waals surface area contributed by atoms with Gasteiger partial charge in [-0.3, -0.25) is 4.90 Å². The zero-order valence-corrected chi connectivity index (χ0v) is 11.6. The molecule has 0 atom stereocenters. The van der Waals surface area contributed by atoms with Gasteiger partial charge in [0.25, 0.3) is 0 Å². The largest absolute Gasteiger partial charge is 0.314 e. The van der Waals surface area contributed by atoms with E-state index in [-0.39, 0.29) is 5.82 Å². The Bertz CT molecular complexity index is 380. The number of halogens is 2. The minimum absolute atomic E-state index is 0.118. The van der Waals surface area contributed by atoms with Gasteiger partial charge in [-0.2, -0.15) is 0 Å². The Morgan fingerprint density at radius 2 is 2.24 bits per heavy atom. The molecule has 1 aliphatic heterocycles. The molecule has 0 unspecified atom stereocenters. The maximum Gasteiger partial charge on any atom is 0.128 e. The average molecular weight is 301 g/mol. The molecule has 17 heavy (non-hydrogen) atoms. The average Bonchev–Trinajstić information content (AvgIpc) is 2.20. The lowest BCUT2D eigenvalue weighted by Gasteiger charge is -2.38. The van der Waals surface area contributed by atoms with Gasteiger partial charge in [-0.25, -0.2) is 4.39 Å². The first-order valence-corrected chi connectivity index (χ1v) is 6.88. The Labute approximate surface area is 110 Å². The van der Waals surface area contributed by atoms with E-state index >= 15 is 0 Å². The van der Waals surface area contributed by atoms with Crippen LogP contribution in [0.2, 0.25) is 0 Å².